The number of nitrogens with zero attached hydrogens (tertiary/aromatic N) is 2. The fourth-order valence-corrected chi connectivity index (χ4v) is 1.98. The number of aldehydes is 1. The van der Waals surface area contributed by atoms with Gasteiger partial charge in [-0.3, -0.25) is 4.79 Å². The molecule has 70 valence electrons. The third-order valence-corrected chi connectivity index (χ3v) is 3.05. The molecule has 0 bridgehead atoms. The maximum atomic E-state index is 10.6. The van der Waals surface area contributed by atoms with E-state index in [-0.39, 0.29) is 0 Å². The van der Waals surface area contributed by atoms with Crippen molar-refractivity contribution in [2.45, 2.75) is 0 Å². The fourth-order valence-electron chi connectivity index (χ4n) is 1.08. The molecule has 0 saturated heterocycles. The summed E-state index contributed by atoms with van der Waals surface area (Å²) in [5.74, 6) is 0. The second kappa shape index (κ2) is 3.98. The number of aromatic nitrogens is 2. The number of rotatable bonds is 2. The van der Waals surface area contributed by atoms with Gasteiger partial charge in [0.25, 0.3) is 0 Å². The van der Waals surface area contributed by atoms with Crippen LogP contribution in [0.15, 0.2) is 28.7 Å². The summed E-state index contributed by atoms with van der Waals surface area (Å²) in [4.78, 5) is 11.4. The average molecular weight is 269 g/mol. The zero-order valence-corrected chi connectivity index (χ0v) is 9.38. The highest BCUT2D eigenvalue weighted by molar-refractivity contribution is 9.10. The molecular weight excluding hydrogens is 264 g/mol. The second-order valence-electron chi connectivity index (χ2n) is 2.61. The van der Waals surface area contributed by atoms with Gasteiger partial charge in [-0.25, -0.2) is 0 Å². The highest BCUT2D eigenvalue weighted by Gasteiger charge is 2.08. The van der Waals surface area contributed by atoms with Gasteiger partial charge in [0.05, 0.1) is 4.88 Å². The van der Waals surface area contributed by atoms with Gasteiger partial charge in [-0.1, -0.05) is 32.6 Å². The van der Waals surface area contributed by atoms with Crippen LogP contribution in [0.3, 0.4) is 0 Å². The van der Waals surface area contributed by atoms with E-state index in [1.54, 1.807) is 0 Å². The predicted molar refractivity (Wildman–Crippen MR) is 58.4 cm³/mol. The largest absolute Gasteiger partial charge is 0.296 e. The number of benzene rings is 1. The number of carbonyl (C=O) groups excluding carboxylic acids is 1. The lowest BCUT2D eigenvalue weighted by Gasteiger charge is -1.96. The third kappa shape index (κ3) is 1.73. The van der Waals surface area contributed by atoms with E-state index >= 15 is 0 Å². The molecule has 0 aliphatic heterocycles. The number of hydrogen-bond donors (Lipinski definition) is 0. The third-order valence-electron chi connectivity index (χ3n) is 1.73. The zero-order valence-electron chi connectivity index (χ0n) is 6.98. The summed E-state index contributed by atoms with van der Waals surface area (Å²) in [7, 11) is 0. The van der Waals surface area contributed by atoms with Crippen molar-refractivity contribution >= 4 is 33.7 Å². The van der Waals surface area contributed by atoms with E-state index in [1.165, 1.54) is 11.5 Å². The molecule has 0 unspecified atom stereocenters. The molecule has 0 atom stereocenters. The number of hydrogen-bond acceptors (Lipinski definition) is 4. The van der Waals surface area contributed by atoms with Crippen LogP contribution >= 0.6 is 27.5 Å². The van der Waals surface area contributed by atoms with Crippen LogP contribution < -0.4 is 0 Å². The Labute approximate surface area is 93.1 Å². The zero-order chi connectivity index (χ0) is 9.97. The Kier molecular flexibility index (Phi) is 2.69. The SMILES string of the molecule is O=Cc1nnsc1-c1ccc(Br)cc1. The van der Waals surface area contributed by atoms with E-state index in [2.05, 4.69) is 25.5 Å². The van der Waals surface area contributed by atoms with E-state index in [9.17, 15) is 4.79 Å². The molecule has 1 aromatic carbocycles. The molecule has 0 amide bonds. The van der Waals surface area contributed by atoms with E-state index < -0.39 is 0 Å². The highest BCUT2D eigenvalue weighted by atomic mass is 79.9. The molecule has 1 heterocycles. The molecule has 0 N–H and O–H groups in total. The van der Waals surface area contributed by atoms with Crippen molar-refractivity contribution in [1.82, 2.24) is 9.59 Å². The second-order valence-corrected chi connectivity index (χ2v) is 4.28. The molecule has 0 spiro atoms. The first-order valence-electron chi connectivity index (χ1n) is 3.85. The summed E-state index contributed by atoms with van der Waals surface area (Å²) in [6, 6.07) is 7.69. The molecule has 1 aromatic heterocycles. The number of halogens is 1. The Morgan fingerprint density at radius 2 is 2.00 bits per heavy atom. The minimum atomic E-state index is 0.400. The van der Waals surface area contributed by atoms with Gasteiger partial charge < -0.3 is 0 Å². The summed E-state index contributed by atoms with van der Waals surface area (Å²) < 4.78 is 4.75. The maximum Gasteiger partial charge on any atom is 0.171 e. The predicted octanol–water partition coefficient (Wildman–Crippen LogP) is 2.78. The molecule has 14 heavy (non-hydrogen) atoms. The summed E-state index contributed by atoms with van der Waals surface area (Å²) in [5, 5.41) is 3.72. The topological polar surface area (TPSA) is 42.9 Å². The first-order chi connectivity index (χ1) is 6.81. The van der Waals surface area contributed by atoms with Crippen LogP contribution in [0.25, 0.3) is 10.4 Å². The normalized spacial score (nSPS) is 10.1. The lowest BCUT2D eigenvalue weighted by atomic mass is 10.2. The van der Waals surface area contributed by atoms with Crippen molar-refractivity contribution in [3.05, 3.63) is 34.4 Å². The standard InChI is InChI=1S/C9H5BrN2OS/c10-7-3-1-6(2-4-7)9-8(5-13)11-12-14-9/h1-5H. The van der Waals surface area contributed by atoms with Crippen molar-refractivity contribution in [2.75, 3.05) is 0 Å². The molecule has 3 nitrogen and oxygen atoms in total. The molecule has 0 fully saturated rings. The molecule has 5 heteroatoms. The number of carbonyl (C=O) groups is 1. The van der Waals surface area contributed by atoms with E-state index in [4.69, 9.17) is 0 Å². The smallest absolute Gasteiger partial charge is 0.171 e. The van der Waals surface area contributed by atoms with Crippen molar-refractivity contribution in [3.8, 4) is 10.4 Å². The van der Waals surface area contributed by atoms with Crippen molar-refractivity contribution < 1.29 is 4.79 Å². The van der Waals surface area contributed by atoms with Crippen LogP contribution in [0.2, 0.25) is 0 Å². The summed E-state index contributed by atoms with van der Waals surface area (Å²) in [6.45, 7) is 0. The van der Waals surface area contributed by atoms with Gasteiger partial charge in [0.15, 0.2) is 6.29 Å². The highest BCUT2D eigenvalue weighted by Crippen LogP contribution is 2.26. The Morgan fingerprint density at radius 1 is 1.29 bits per heavy atom. The minimum Gasteiger partial charge on any atom is -0.296 e. The molecular formula is C9H5BrN2OS. The van der Waals surface area contributed by atoms with Crippen molar-refractivity contribution in [1.29, 1.82) is 0 Å². The van der Waals surface area contributed by atoms with Crippen LogP contribution in [0.1, 0.15) is 10.5 Å². The Bertz CT molecular complexity index is 452. The molecule has 0 aliphatic rings. The van der Waals surface area contributed by atoms with Crippen LogP contribution in [0.5, 0.6) is 0 Å². The fraction of sp³-hybridized carbons (Fsp3) is 0. The summed E-state index contributed by atoms with van der Waals surface area (Å²) in [5.41, 5.74) is 1.36. The molecule has 0 saturated carbocycles. The van der Waals surface area contributed by atoms with Crippen LogP contribution in [-0.2, 0) is 0 Å². The van der Waals surface area contributed by atoms with Crippen molar-refractivity contribution in [3.63, 3.8) is 0 Å². The molecule has 2 aromatic rings. The molecule has 2 rings (SSSR count). The van der Waals surface area contributed by atoms with Crippen LogP contribution in [0.4, 0.5) is 0 Å². The summed E-state index contributed by atoms with van der Waals surface area (Å²) in [6.07, 6.45) is 0.723. The van der Waals surface area contributed by atoms with E-state index in [1.807, 2.05) is 24.3 Å². The van der Waals surface area contributed by atoms with Gasteiger partial charge in [0.2, 0.25) is 0 Å². The summed E-state index contributed by atoms with van der Waals surface area (Å²) >= 11 is 4.57. The lowest BCUT2D eigenvalue weighted by molar-refractivity contribution is 0.111. The first kappa shape index (κ1) is 9.48. The van der Waals surface area contributed by atoms with Crippen molar-refractivity contribution in [2.24, 2.45) is 0 Å². The maximum absolute atomic E-state index is 10.6. The van der Waals surface area contributed by atoms with Gasteiger partial charge >= 0.3 is 0 Å². The molecule has 0 aliphatic carbocycles. The minimum absolute atomic E-state index is 0.400. The average Bonchev–Trinajstić information content (AvgIpc) is 2.67. The van der Waals surface area contributed by atoms with Gasteiger partial charge in [-0.05, 0) is 29.2 Å². The van der Waals surface area contributed by atoms with Gasteiger partial charge in [0.1, 0.15) is 5.69 Å². The van der Waals surface area contributed by atoms with E-state index in [0.717, 1.165) is 21.2 Å². The van der Waals surface area contributed by atoms with Gasteiger partial charge in [-0.15, -0.1) is 5.10 Å². The van der Waals surface area contributed by atoms with Crippen LogP contribution in [-0.4, -0.2) is 15.9 Å². The van der Waals surface area contributed by atoms with Gasteiger partial charge in [0, 0.05) is 4.47 Å². The quantitative estimate of drug-likeness (QED) is 0.787. The first-order valence-corrected chi connectivity index (χ1v) is 5.41. The van der Waals surface area contributed by atoms with Gasteiger partial charge in [-0.2, -0.15) is 0 Å². The Morgan fingerprint density at radius 3 is 2.64 bits per heavy atom. The molecule has 0 radical (unpaired) electrons. The Balaban J connectivity index is 2.49. The monoisotopic (exact) mass is 268 g/mol. The van der Waals surface area contributed by atoms with Crippen LogP contribution in [0, 0.1) is 0 Å². The Hall–Kier alpha value is -1.07. The van der Waals surface area contributed by atoms with E-state index in [0.29, 0.717) is 5.69 Å². The lowest BCUT2D eigenvalue weighted by Crippen LogP contribution is -1.83.